The fourth-order valence-corrected chi connectivity index (χ4v) is 3.16. The number of rotatable bonds is 1. The lowest BCUT2D eigenvalue weighted by atomic mass is 10.0. The molecule has 1 aliphatic heterocycles. The third-order valence-corrected chi connectivity index (χ3v) is 4.51. The molecule has 0 atom stereocenters. The molecule has 3 amide bonds. The van der Waals surface area contributed by atoms with Gasteiger partial charge in [0.2, 0.25) is 0 Å². The molecule has 0 spiro atoms. The van der Waals surface area contributed by atoms with Gasteiger partial charge >= 0.3 is 12.2 Å². The summed E-state index contributed by atoms with van der Waals surface area (Å²) in [5.74, 6) is -0.725. The van der Waals surface area contributed by atoms with Crippen molar-refractivity contribution in [2.45, 2.75) is 6.18 Å². The average molecular weight is 380 g/mol. The highest BCUT2D eigenvalue weighted by Gasteiger charge is 2.39. The second kappa shape index (κ2) is 7.05. The summed E-state index contributed by atoms with van der Waals surface area (Å²) < 4.78 is 41.1. The van der Waals surface area contributed by atoms with Crippen LogP contribution in [0.25, 0.3) is 10.9 Å². The number of alkyl halides is 3. The van der Waals surface area contributed by atoms with Gasteiger partial charge in [0, 0.05) is 51.9 Å². The van der Waals surface area contributed by atoms with E-state index in [1.807, 2.05) is 0 Å². The average Bonchev–Trinajstić information content (AvgIpc) is 2.65. The molecule has 2 heterocycles. The molecule has 0 saturated carbocycles. The molecule has 0 N–H and O–H groups in total. The van der Waals surface area contributed by atoms with E-state index in [9.17, 15) is 22.8 Å². The highest BCUT2D eigenvalue weighted by Crippen LogP contribution is 2.37. The maximum Gasteiger partial charge on any atom is 0.417 e. The van der Waals surface area contributed by atoms with Crippen LogP contribution in [0.5, 0.6) is 0 Å². The molecule has 6 nitrogen and oxygen atoms in total. The Kier molecular flexibility index (Phi) is 4.95. The van der Waals surface area contributed by atoms with Crippen LogP contribution in [-0.2, 0) is 6.18 Å². The van der Waals surface area contributed by atoms with Crippen molar-refractivity contribution in [3.05, 3.63) is 41.6 Å². The minimum Gasteiger partial charge on any atom is -0.335 e. The molecule has 27 heavy (non-hydrogen) atoms. The SMILES string of the molecule is CN(C)C(=O)N1CCN(C(=O)c2cnc3ccccc3c2C(F)(F)F)CC1. The number of carbonyl (C=O) groups excluding carboxylic acids is 2. The molecule has 3 rings (SSSR count). The van der Waals surface area contributed by atoms with Gasteiger partial charge < -0.3 is 14.7 Å². The predicted molar refractivity (Wildman–Crippen MR) is 93.3 cm³/mol. The first-order valence-corrected chi connectivity index (χ1v) is 8.40. The molecule has 1 aromatic carbocycles. The first-order chi connectivity index (χ1) is 12.7. The van der Waals surface area contributed by atoms with Gasteiger partial charge in [-0.3, -0.25) is 9.78 Å². The molecule has 1 saturated heterocycles. The molecule has 0 radical (unpaired) electrons. The predicted octanol–water partition coefficient (Wildman–Crippen LogP) is 2.69. The number of hydrogen-bond acceptors (Lipinski definition) is 3. The van der Waals surface area contributed by atoms with Crippen LogP contribution in [0.2, 0.25) is 0 Å². The van der Waals surface area contributed by atoms with Gasteiger partial charge in [-0.05, 0) is 6.07 Å². The van der Waals surface area contributed by atoms with Crippen molar-refractivity contribution < 1.29 is 22.8 Å². The lowest BCUT2D eigenvalue weighted by Gasteiger charge is -2.36. The summed E-state index contributed by atoms with van der Waals surface area (Å²) in [5.41, 5.74) is -1.25. The van der Waals surface area contributed by atoms with Gasteiger partial charge in [-0.15, -0.1) is 0 Å². The number of carbonyl (C=O) groups is 2. The lowest BCUT2D eigenvalue weighted by Crippen LogP contribution is -2.53. The Bertz CT molecular complexity index is 875. The van der Waals surface area contributed by atoms with Crippen LogP contribution in [-0.4, -0.2) is 71.9 Å². The van der Waals surface area contributed by atoms with E-state index >= 15 is 0 Å². The van der Waals surface area contributed by atoms with Gasteiger partial charge in [-0.25, -0.2) is 4.79 Å². The normalized spacial score (nSPS) is 15.1. The molecule has 9 heteroatoms. The largest absolute Gasteiger partial charge is 0.417 e. The van der Waals surface area contributed by atoms with Crippen LogP contribution in [0, 0.1) is 0 Å². The number of halogens is 3. The summed E-state index contributed by atoms with van der Waals surface area (Å²) in [7, 11) is 3.24. The molecule has 1 aromatic heterocycles. The summed E-state index contributed by atoms with van der Waals surface area (Å²) in [4.78, 5) is 33.1. The zero-order valence-electron chi connectivity index (χ0n) is 15.0. The number of para-hydroxylation sites is 1. The van der Waals surface area contributed by atoms with Crippen molar-refractivity contribution in [3.8, 4) is 0 Å². The summed E-state index contributed by atoms with van der Waals surface area (Å²) in [6.45, 7) is 0.876. The van der Waals surface area contributed by atoms with Gasteiger partial charge in [0.05, 0.1) is 16.6 Å². The van der Waals surface area contributed by atoms with Crippen molar-refractivity contribution >= 4 is 22.8 Å². The molecule has 0 aliphatic carbocycles. The first-order valence-electron chi connectivity index (χ1n) is 8.40. The van der Waals surface area contributed by atoms with Crippen LogP contribution in [0.3, 0.4) is 0 Å². The van der Waals surface area contributed by atoms with Gasteiger partial charge in [0.25, 0.3) is 5.91 Å². The Morgan fingerprint density at radius 1 is 1.04 bits per heavy atom. The van der Waals surface area contributed by atoms with Crippen LogP contribution in [0.1, 0.15) is 15.9 Å². The number of urea groups is 1. The van der Waals surface area contributed by atoms with Gasteiger partial charge in [-0.1, -0.05) is 18.2 Å². The molecular formula is C18H19F3N4O2. The molecule has 1 fully saturated rings. The van der Waals surface area contributed by atoms with Gasteiger partial charge in [0.1, 0.15) is 0 Å². The number of aromatic nitrogens is 1. The van der Waals surface area contributed by atoms with Crippen molar-refractivity contribution in [2.24, 2.45) is 0 Å². The van der Waals surface area contributed by atoms with Crippen LogP contribution in [0.15, 0.2) is 30.5 Å². The van der Waals surface area contributed by atoms with E-state index < -0.39 is 23.2 Å². The van der Waals surface area contributed by atoms with E-state index in [1.165, 1.54) is 28.0 Å². The van der Waals surface area contributed by atoms with E-state index in [4.69, 9.17) is 0 Å². The number of nitrogens with zero attached hydrogens (tertiary/aromatic N) is 4. The lowest BCUT2D eigenvalue weighted by molar-refractivity contribution is -0.136. The monoisotopic (exact) mass is 380 g/mol. The van der Waals surface area contributed by atoms with Crippen LogP contribution < -0.4 is 0 Å². The van der Waals surface area contributed by atoms with E-state index in [2.05, 4.69) is 4.98 Å². The smallest absolute Gasteiger partial charge is 0.335 e. The van der Waals surface area contributed by atoms with E-state index in [0.717, 1.165) is 6.20 Å². The Hall–Kier alpha value is -2.84. The zero-order chi connectivity index (χ0) is 19.8. The summed E-state index contributed by atoms with van der Waals surface area (Å²) in [6, 6.07) is 5.68. The fourth-order valence-electron chi connectivity index (χ4n) is 3.16. The summed E-state index contributed by atoms with van der Waals surface area (Å²) >= 11 is 0. The van der Waals surface area contributed by atoms with Crippen molar-refractivity contribution in [2.75, 3.05) is 40.3 Å². The molecule has 0 bridgehead atoms. The standard InChI is InChI=1S/C18H19F3N4O2/c1-23(2)17(27)25-9-7-24(8-10-25)16(26)13-11-22-14-6-4-3-5-12(14)15(13)18(19,20)21/h3-6,11H,7-10H2,1-2H3. The highest BCUT2D eigenvalue weighted by molar-refractivity contribution is 6.00. The Morgan fingerprint density at radius 3 is 2.22 bits per heavy atom. The Labute approximate surface area is 154 Å². The summed E-state index contributed by atoms with van der Waals surface area (Å²) in [5, 5.41) is -0.0997. The van der Waals surface area contributed by atoms with Gasteiger partial charge in [-0.2, -0.15) is 13.2 Å². The molecule has 2 aromatic rings. The highest BCUT2D eigenvalue weighted by atomic mass is 19.4. The fraction of sp³-hybridized carbons (Fsp3) is 0.389. The number of pyridine rings is 1. The minimum atomic E-state index is -4.68. The van der Waals surface area contributed by atoms with Gasteiger partial charge in [0.15, 0.2) is 0 Å². The molecule has 144 valence electrons. The summed E-state index contributed by atoms with van der Waals surface area (Å²) in [6.07, 6.45) is -3.69. The molecule has 1 aliphatic rings. The number of amides is 3. The van der Waals surface area contributed by atoms with E-state index in [1.54, 1.807) is 25.1 Å². The minimum absolute atomic E-state index is 0.0997. The Morgan fingerprint density at radius 2 is 1.63 bits per heavy atom. The maximum atomic E-state index is 13.7. The third kappa shape index (κ3) is 3.67. The topological polar surface area (TPSA) is 56.8 Å². The third-order valence-electron chi connectivity index (χ3n) is 4.51. The number of fused-ring (bicyclic) bond motifs is 1. The second-order valence-corrected chi connectivity index (χ2v) is 6.52. The Balaban J connectivity index is 1.90. The quantitative estimate of drug-likeness (QED) is 0.764. The van der Waals surface area contributed by atoms with E-state index in [-0.39, 0.29) is 43.1 Å². The van der Waals surface area contributed by atoms with Crippen molar-refractivity contribution in [1.29, 1.82) is 0 Å². The zero-order valence-corrected chi connectivity index (χ0v) is 15.0. The van der Waals surface area contributed by atoms with Crippen LogP contribution >= 0.6 is 0 Å². The van der Waals surface area contributed by atoms with Crippen molar-refractivity contribution in [1.82, 2.24) is 19.7 Å². The van der Waals surface area contributed by atoms with Crippen molar-refractivity contribution in [3.63, 3.8) is 0 Å². The van der Waals surface area contributed by atoms with E-state index in [0.29, 0.717) is 0 Å². The van der Waals surface area contributed by atoms with Crippen LogP contribution in [0.4, 0.5) is 18.0 Å². The number of hydrogen-bond donors (Lipinski definition) is 0. The number of benzene rings is 1. The second-order valence-electron chi connectivity index (χ2n) is 6.52. The molecular weight excluding hydrogens is 361 g/mol. The first kappa shape index (κ1) is 18.9. The molecule has 0 unspecified atom stereocenters. The maximum absolute atomic E-state index is 13.7. The number of piperazine rings is 1.